The number of piperidine rings is 1. The molecular weight excluding hydrogens is 526 g/mol. The number of carbonyl (C=O) groups is 2. The minimum absolute atomic E-state index is 0.0181. The van der Waals surface area contributed by atoms with Gasteiger partial charge < -0.3 is 14.5 Å². The lowest BCUT2D eigenvalue weighted by molar-refractivity contribution is -0.384. The molecule has 208 valence electrons. The van der Waals surface area contributed by atoms with Crippen LogP contribution in [0.5, 0.6) is 5.75 Å². The summed E-state index contributed by atoms with van der Waals surface area (Å²) in [5, 5.41) is 10.9. The third-order valence-corrected chi connectivity index (χ3v) is 9.50. The van der Waals surface area contributed by atoms with Crippen LogP contribution in [0.1, 0.15) is 19.8 Å². The molecule has 2 fully saturated rings. The Kier molecular flexibility index (Phi) is 7.45. The van der Waals surface area contributed by atoms with Crippen LogP contribution in [-0.2, 0) is 19.6 Å². The number of hydrogen-bond donors (Lipinski definition) is 0. The number of hydrogen-bond acceptors (Lipinski definition) is 8. The topological polar surface area (TPSA) is 134 Å². The Morgan fingerprint density at radius 3 is 2.33 bits per heavy atom. The highest BCUT2D eigenvalue weighted by molar-refractivity contribution is 7.89. The predicted molar refractivity (Wildman–Crippen MR) is 143 cm³/mol. The fourth-order valence-corrected chi connectivity index (χ4v) is 6.61. The van der Waals surface area contributed by atoms with E-state index in [0.717, 1.165) is 18.5 Å². The molecule has 2 aromatic carbocycles. The van der Waals surface area contributed by atoms with E-state index in [0.29, 0.717) is 50.9 Å². The van der Waals surface area contributed by atoms with Crippen LogP contribution in [0.3, 0.4) is 0 Å². The first-order valence-corrected chi connectivity index (χ1v) is 14.4. The van der Waals surface area contributed by atoms with E-state index in [1.54, 1.807) is 23.1 Å². The number of nitro groups is 1. The van der Waals surface area contributed by atoms with E-state index in [9.17, 15) is 28.1 Å². The lowest BCUT2D eigenvalue weighted by Crippen LogP contribution is -2.53. The molecule has 2 amide bonds. The van der Waals surface area contributed by atoms with Gasteiger partial charge >= 0.3 is 0 Å². The third kappa shape index (κ3) is 5.55. The first-order chi connectivity index (χ1) is 18.6. The Morgan fingerprint density at radius 1 is 1.03 bits per heavy atom. The molecule has 3 aliphatic rings. The monoisotopic (exact) mass is 557 g/mol. The molecule has 2 aromatic rings. The number of piperazine rings is 1. The highest BCUT2D eigenvalue weighted by atomic mass is 32.2. The van der Waals surface area contributed by atoms with Crippen LogP contribution in [0.2, 0.25) is 0 Å². The van der Waals surface area contributed by atoms with Gasteiger partial charge in [-0.25, -0.2) is 8.42 Å². The Morgan fingerprint density at radius 2 is 1.69 bits per heavy atom. The van der Waals surface area contributed by atoms with Crippen LogP contribution in [0.25, 0.3) is 0 Å². The van der Waals surface area contributed by atoms with E-state index in [1.807, 2.05) is 4.90 Å². The number of carbonyl (C=O) groups excluding carboxylic acids is 2. The van der Waals surface area contributed by atoms with E-state index >= 15 is 0 Å². The predicted octanol–water partition coefficient (Wildman–Crippen LogP) is 2.09. The summed E-state index contributed by atoms with van der Waals surface area (Å²) in [6.07, 6.45) is 1.59. The van der Waals surface area contributed by atoms with Gasteiger partial charge in [-0.15, -0.1) is 0 Å². The largest absolute Gasteiger partial charge is 0.482 e. The molecule has 0 bridgehead atoms. The molecule has 0 N–H and O–H groups in total. The van der Waals surface area contributed by atoms with Gasteiger partial charge in [0.2, 0.25) is 15.9 Å². The van der Waals surface area contributed by atoms with E-state index in [-0.39, 0.29) is 35.3 Å². The second kappa shape index (κ2) is 10.8. The van der Waals surface area contributed by atoms with Crippen LogP contribution in [0.15, 0.2) is 47.4 Å². The van der Waals surface area contributed by atoms with Crippen molar-refractivity contribution in [3.8, 4) is 5.75 Å². The number of benzene rings is 2. The fourth-order valence-electron chi connectivity index (χ4n) is 5.12. The number of sulfonamides is 1. The van der Waals surface area contributed by atoms with Crippen molar-refractivity contribution in [3.63, 3.8) is 0 Å². The van der Waals surface area contributed by atoms with Crippen molar-refractivity contribution in [1.29, 1.82) is 0 Å². The van der Waals surface area contributed by atoms with Crippen LogP contribution in [-0.4, -0.2) is 86.8 Å². The minimum Gasteiger partial charge on any atom is -0.482 e. The number of anilines is 2. The van der Waals surface area contributed by atoms with Gasteiger partial charge in [-0.05, 0) is 49.1 Å². The van der Waals surface area contributed by atoms with Gasteiger partial charge in [0, 0.05) is 57.1 Å². The van der Waals surface area contributed by atoms with Crippen LogP contribution >= 0.6 is 0 Å². The molecule has 3 heterocycles. The average molecular weight is 558 g/mol. The minimum atomic E-state index is -3.75. The van der Waals surface area contributed by atoms with Crippen LogP contribution < -0.4 is 14.5 Å². The van der Waals surface area contributed by atoms with Gasteiger partial charge in [0.1, 0.15) is 12.3 Å². The maximum absolute atomic E-state index is 13.3. The van der Waals surface area contributed by atoms with Gasteiger partial charge in [-0.3, -0.25) is 24.6 Å². The van der Waals surface area contributed by atoms with E-state index in [2.05, 4.69) is 6.92 Å². The summed E-state index contributed by atoms with van der Waals surface area (Å²) in [5.41, 5.74) is 1.13. The van der Waals surface area contributed by atoms with Crippen molar-refractivity contribution in [2.24, 2.45) is 5.92 Å². The molecular formula is C26H31N5O7S. The van der Waals surface area contributed by atoms with Crippen molar-refractivity contribution in [2.75, 3.05) is 62.2 Å². The van der Waals surface area contributed by atoms with Crippen molar-refractivity contribution in [2.45, 2.75) is 24.7 Å². The second-order valence-electron chi connectivity index (χ2n) is 10.1. The molecule has 5 rings (SSSR count). The Hall–Kier alpha value is -3.71. The first-order valence-electron chi connectivity index (χ1n) is 13.0. The molecule has 0 spiro atoms. The molecule has 13 heteroatoms. The van der Waals surface area contributed by atoms with Gasteiger partial charge in [-0.2, -0.15) is 4.31 Å². The first kappa shape index (κ1) is 26.9. The molecule has 12 nitrogen and oxygen atoms in total. The molecule has 39 heavy (non-hydrogen) atoms. The van der Waals surface area contributed by atoms with E-state index < -0.39 is 20.9 Å². The summed E-state index contributed by atoms with van der Waals surface area (Å²) in [4.78, 5) is 41.6. The quantitative estimate of drug-likeness (QED) is 0.389. The highest BCUT2D eigenvalue weighted by Gasteiger charge is 2.33. The molecule has 0 unspecified atom stereocenters. The summed E-state index contributed by atoms with van der Waals surface area (Å²) in [5.74, 6) is 0.166. The number of ether oxygens (including phenoxy) is 1. The summed E-state index contributed by atoms with van der Waals surface area (Å²) in [6, 6.07) is 10.7. The summed E-state index contributed by atoms with van der Waals surface area (Å²) >= 11 is 0. The van der Waals surface area contributed by atoms with Gasteiger partial charge in [0.05, 0.1) is 15.5 Å². The number of nitrogens with zero attached hydrogens (tertiary/aromatic N) is 5. The highest BCUT2D eigenvalue weighted by Crippen LogP contribution is 2.35. The molecule has 0 saturated carbocycles. The van der Waals surface area contributed by atoms with E-state index in [1.165, 1.54) is 33.5 Å². The maximum atomic E-state index is 13.3. The summed E-state index contributed by atoms with van der Waals surface area (Å²) < 4.78 is 33.6. The molecule has 0 atom stereocenters. The van der Waals surface area contributed by atoms with Crippen molar-refractivity contribution < 1.29 is 27.7 Å². The SMILES string of the molecule is CC1CCN(S(=O)(=O)c2ccc3c(c2)N(CC(=O)N2CCN(c4ccc([N+](=O)[O-])cc4)CC2)C(=O)CO3)CC1. The van der Waals surface area contributed by atoms with Crippen molar-refractivity contribution in [1.82, 2.24) is 9.21 Å². The second-order valence-corrected chi connectivity index (χ2v) is 12.1. The lowest BCUT2D eigenvalue weighted by Gasteiger charge is -2.37. The van der Waals surface area contributed by atoms with E-state index in [4.69, 9.17) is 4.74 Å². The smallest absolute Gasteiger partial charge is 0.269 e. The van der Waals surface area contributed by atoms with Gasteiger partial charge in [0.25, 0.3) is 11.6 Å². The zero-order valence-corrected chi connectivity index (χ0v) is 22.5. The maximum Gasteiger partial charge on any atom is 0.269 e. The Balaban J connectivity index is 1.27. The van der Waals surface area contributed by atoms with Crippen molar-refractivity contribution in [3.05, 3.63) is 52.6 Å². The number of nitro benzene ring substituents is 1. The molecule has 3 aliphatic heterocycles. The van der Waals surface area contributed by atoms with Crippen LogP contribution in [0, 0.1) is 16.0 Å². The summed E-state index contributed by atoms with van der Waals surface area (Å²) in [7, 11) is -3.75. The number of non-ortho nitro benzene ring substituents is 1. The molecule has 0 aromatic heterocycles. The number of amides is 2. The van der Waals surface area contributed by atoms with Crippen molar-refractivity contribution >= 4 is 38.9 Å². The Labute approximate surface area is 226 Å². The molecule has 0 radical (unpaired) electrons. The zero-order chi connectivity index (χ0) is 27.7. The number of rotatable bonds is 6. The fraction of sp³-hybridized carbons (Fsp3) is 0.462. The van der Waals surface area contributed by atoms with Gasteiger partial charge in [0.15, 0.2) is 6.61 Å². The number of fused-ring (bicyclic) bond motifs is 1. The zero-order valence-electron chi connectivity index (χ0n) is 21.7. The summed E-state index contributed by atoms with van der Waals surface area (Å²) in [6.45, 7) is 4.46. The average Bonchev–Trinajstić information content (AvgIpc) is 2.94. The third-order valence-electron chi connectivity index (χ3n) is 7.61. The van der Waals surface area contributed by atoms with Crippen LogP contribution in [0.4, 0.5) is 17.1 Å². The lowest BCUT2D eigenvalue weighted by atomic mass is 10.0. The molecule has 0 aliphatic carbocycles. The molecule has 2 saturated heterocycles. The Bertz CT molecular complexity index is 1370. The normalized spacial score (nSPS) is 19.0. The standard InChI is InChI=1S/C26H31N5O7S/c1-19-8-10-29(11-9-19)39(36,37)22-6-7-24-23(16-22)30(26(33)18-38-24)17-25(32)28-14-12-27(13-15-28)20-2-4-21(5-3-20)31(34)35/h2-7,16,19H,8-15,17-18H2,1H3. The van der Waals surface area contributed by atoms with Gasteiger partial charge in [-0.1, -0.05) is 6.92 Å².